The molecule has 2 aliphatic rings. The molecule has 0 aliphatic carbocycles. The molecule has 0 saturated carbocycles. The number of fused-ring (bicyclic) bond motifs is 2. The number of nitrogens with one attached hydrogen (secondary N) is 1. The Kier molecular flexibility index (Phi) is 5.52. The van der Waals surface area contributed by atoms with E-state index in [2.05, 4.69) is 10.2 Å². The highest BCUT2D eigenvalue weighted by molar-refractivity contribution is 5.85. The molecule has 2 saturated heterocycles. The molecule has 0 radical (unpaired) electrons. The van der Waals surface area contributed by atoms with Crippen LogP contribution in [0.4, 0.5) is 0 Å². The maximum Gasteiger partial charge on any atom is 0.225 e. The van der Waals surface area contributed by atoms with Gasteiger partial charge in [-0.2, -0.15) is 0 Å². The average molecular weight is 249 g/mol. The van der Waals surface area contributed by atoms with Crippen molar-refractivity contribution in [3.63, 3.8) is 0 Å². The van der Waals surface area contributed by atoms with Crippen molar-refractivity contribution < 1.29 is 9.53 Å². The lowest BCUT2D eigenvalue weighted by molar-refractivity contribution is -0.134. The lowest BCUT2D eigenvalue weighted by Crippen LogP contribution is -2.42. The summed E-state index contributed by atoms with van der Waals surface area (Å²) in [7, 11) is 1.64. The molecule has 2 heterocycles. The van der Waals surface area contributed by atoms with Gasteiger partial charge in [-0.25, -0.2) is 0 Å². The lowest BCUT2D eigenvalue weighted by atomic mass is 10.1. The van der Waals surface area contributed by atoms with Crippen molar-refractivity contribution >= 4 is 18.3 Å². The van der Waals surface area contributed by atoms with Crippen molar-refractivity contribution in [2.24, 2.45) is 0 Å². The van der Waals surface area contributed by atoms with Crippen molar-refractivity contribution in [2.45, 2.75) is 37.8 Å². The molecule has 16 heavy (non-hydrogen) atoms. The van der Waals surface area contributed by atoms with Crippen LogP contribution in [0.5, 0.6) is 0 Å². The highest BCUT2D eigenvalue weighted by atomic mass is 35.5. The van der Waals surface area contributed by atoms with Crippen LogP contribution in [0.25, 0.3) is 0 Å². The zero-order valence-electron chi connectivity index (χ0n) is 9.78. The van der Waals surface area contributed by atoms with Crippen LogP contribution in [0.2, 0.25) is 0 Å². The maximum absolute atomic E-state index is 12.0. The second-order valence-electron chi connectivity index (χ2n) is 4.42. The Morgan fingerprint density at radius 3 is 2.88 bits per heavy atom. The molecule has 0 aromatic carbocycles. The minimum absolute atomic E-state index is 0. The average Bonchev–Trinajstić information content (AvgIpc) is 2.49. The molecule has 2 aliphatic heterocycles. The summed E-state index contributed by atoms with van der Waals surface area (Å²) in [6.07, 6.45) is 3.99. The Morgan fingerprint density at radius 2 is 2.12 bits per heavy atom. The first-order valence-corrected chi connectivity index (χ1v) is 5.83. The smallest absolute Gasteiger partial charge is 0.225 e. The maximum atomic E-state index is 12.0. The number of carbonyl (C=O) groups excluding carboxylic acids is 1. The van der Waals surface area contributed by atoms with E-state index >= 15 is 0 Å². The largest absolute Gasteiger partial charge is 0.384 e. The van der Waals surface area contributed by atoms with Crippen LogP contribution in [0.15, 0.2) is 0 Å². The zero-order chi connectivity index (χ0) is 10.7. The molecular formula is C11H21ClN2O2. The fraction of sp³-hybridized carbons (Fsp3) is 0.909. The number of halogens is 1. The molecule has 2 fully saturated rings. The van der Waals surface area contributed by atoms with Crippen LogP contribution in [0.1, 0.15) is 25.7 Å². The van der Waals surface area contributed by atoms with E-state index in [9.17, 15) is 4.79 Å². The second-order valence-corrected chi connectivity index (χ2v) is 4.42. The Labute approximate surface area is 103 Å². The van der Waals surface area contributed by atoms with Gasteiger partial charge in [-0.3, -0.25) is 4.79 Å². The molecule has 2 bridgehead atoms. The van der Waals surface area contributed by atoms with Crippen molar-refractivity contribution in [1.29, 1.82) is 0 Å². The molecule has 1 N–H and O–H groups in total. The number of carbonyl (C=O) groups is 1. The zero-order valence-corrected chi connectivity index (χ0v) is 10.6. The van der Waals surface area contributed by atoms with Gasteiger partial charge in [0.2, 0.25) is 5.91 Å². The molecule has 2 rings (SSSR count). The molecule has 0 spiro atoms. The molecule has 5 heteroatoms. The number of hydrogen-bond acceptors (Lipinski definition) is 3. The number of nitrogens with zero attached hydrogens (tertiary/aromatic N) is 1. The monoisotopic (exact) mass is 248 g/mol. The normalized spacial score (nSPS) is 28.4. The third-order valence-electron chi connectivity index (χ3n) is 3.46. The van der Waals surface area contributed by atoms with E-state index < -0.39 is 0 Å². The predicted molar refractivity (Wildman–Crippen MR) is 64.9 cm³/mol. The van der Waals surface area contributed by atoms with Crippen LogP contribution in [0.3, 0.4) is 0 Å². The van der Waals surface area contributed by atoms with Gasteiger partial charge in [0, 0.05) is 25.7 Å². The van der Waals surface area contributed by atoms with Crippen LogP contribution in [0, 0.1) is 0 Å². The van der Waals surface area contributed by atoms with Gasteiger partial charge in [0.15, 0.2) is 0 Å². The molecule has 2 unspecified atom stereocenters. The van der Waals surface area contributed by atoms with Crippen molar-refractivity contribution in [1.82, 2.24) is 10.2 Å². The fourth-order valence-corrected chi connectivity index (χ4v) is 2.71. The number of amides is 1. The van der Waals surface area contributed by atoms with Crippen LogP contribution >= 0.6 is 12.4 Å². The Balaban J connectivity index is 0.00000128. The Bertz CT molecular complexity index is 224. The Morgan fingerprint density at radius 1 is 1.38 bits per heavy atom. The fourth-order valence-electron chi connectivity index (χ4n) is 2.71. The summed E-state index contributed by atoms with van der Waals surface area (Å²) in [6, 6.07) is 0.913. The van der Waals surface area contributed by atoms with E-state index in [-0.39, 0.29) is 18.3 Å². The minimum Gasteiger partial charge on any atom is -0.384 e. The van der Waals surface area contributed by atoms with Crippen molar-refractivity contribution in [2.75, 3.05) is 26.8 Å². The van der Waals surface area contributed by atoms with Crippen LogP contribution in [-0.2, 0) is 9.53 Å². The summed E-state index contributed by atoms with van der Waals surface area (Å²) in [6.45, 7) is 2.56. The van der Waals surface area contributed by atoms with Gasteiger partial charge in [0.05, 0.1) is 13.0 Å². The van der Waals surface area contributed by atoms with Gasteiger partial charge in [-0.05, 0) is 25.8 Å². The third-order valence-corrected chi connectivity index (χ3v) is 3.46. The van der Waals surface area contributed by atoms with Crippen LogP contribution in [-0.4, -0.2) is 49.7 Å². The highest BCUT2D eigenvalue weighted by Gasteiger charge is 2.37. The molecular weight excluding hydrogens is 228 g/mol. The first-order valence-electron chi connectivity index (χ1n) is 5.83. The first-order chi connectivity index (χ1) is 7.33. The van der Waals surface area contributed by atoms with Gasteiger partial charge in [-0.15, -0.1) is 12.4 Å². The molecule has 94 valence electrons. The molecule has 2 atom stereocenters. The summed E-state index contributed by atoms with van der Waals surface area (Å²) in [5, 5.41) is 3.39. The molecule has 0 aromatic heterocycles. The van der Waals surface area contributed by atoms with Crippen molar-refractivity contribution in [3.8, 4) is 0 Å². The van der Waals surface area contributed by atoms with E-state index in [1.807, 2.05) is 0 Å². The number of ether oxygens (including phenoxy) is 1. The summed E-state index contributed by atoms with van der Waals surface area (Å²) in [4.78, 5) is 14.1. The highest BCUT2D eigenvalue weighted by Crippen LogP contribution is 2.28. The third kappa shape index (κ3) is 2.87. The topological polar surface area (TPSA) is 41.6 Å². The van der Waals surface area contributed by atoms with Gasteiger partial charge >= 0.3 is 0 Å². The summed E-state index contributed by atoms with van der Waals surface area (Å²) in [5.41, 5.74) is 0. The number of methoxy groups -OCH3 is 1. The molecule has 0 aromatic rings. The van der Waals surface area contributed by atoms with E-state index in [0.29, 0.717) is 25.1 Å². The second kappa shape index (κ2) is 6.42. The minimum atomic E-state index is 0. The first kappa shape index (κ1) is 13.7. The predicted octanol–water partition coefficient (Wildman–Crippen LogP) is 0.798. The van der Waals surface area contributed by atoms with Gasteiger partial charge in [0.25, 0.3) is 0 Å². The van der Waals surface area contributed by atoms with E-state index in [1.165, 1.54) is 6.42 Å². The number of rotatable bonds is 3. The van der Waals surface area contributed by atoms with Crippen molar-refractivity contribution in [3.05, 3.63) is 0 Å². The van der Waals surface area contributed by atoms with E-state index in [0.717, 1.165) is 25.9 Å². The summed E-state index contributed by atoms with van der Waals surface area (Å²) < 4.78 is 4.96. The standard InChI is InChI=1S/C11H20N2O2.ClH/c1-15-7-5-11(14)13-9-2-3-10(13)8-12-6-4-9;/h9-10,12H,2-8H2,1H3;1H. The SMILES string of the molecule is COCCC(=O)N1C2CCNCC1CC2.Cl. The van der Waals surface area contributed by atoms with Gasteiger partial charge < -0.3 is 15.0 Å². The Hall–Kier alpha value is -0.320. The van der Waals surface area contributed by atoms with E-state index in [4.69, 9.17) is 4.74 Å². The van der Waals surface area contributed by atoms with Crippen LogP contribution < -0.4 is 5.32 Å². The molecule has 4 nitrogen and oxygen atoms in total. The summed E-state index contributed by atoms with van der Waals surface area (Å²) >= 11 is 0. The number of hydrogen-bond donors (Lipinski definition) is 1. The molecule has 1 amide bonds. The van der Waals surface area contributed by atoms with Gasteiger partial charge in [0.1, 0.15) is 0 Å². The quantitative estimate of drug-likeness (QED) is 0.803. The lowest BCUT2D eigenvalue weighted by Gasteiger charge is -2.27. The van der Waals surface area contributed by atoms with E-state index in [1.54, 1.807) is 7.11 Å². The van der Waals surface area contributed by atoms with Gasteiger partial charge in [-0.1, -0.05) is 0 Å². The summed E-state index contributed by atoms with van der Waals surface area (Å²) in [5.74, 6) is 0.271.